The van der Waals surface area contributed by atoms with Crippen molar-refractivity contribution in [3.63, 3.8) is 0 Å². The topological polar surface area (TPSA) is 48.4 Å². The molecule has 17 heavy (non-hydrogen) atoms. The molecule has 1 atom stereocenters. The molecule has 0 saturated heterocycles. The highest BCUT2D eigenvalue weighted by Gasteiger charge is 2.18. The van der Waals surface area contributed by atoms with Crippen molar-refractivity contribution >= 4 is 15.9 Å². The smallest absolute Gasteiger partial charge is 0.139 e. The van der Waals surface area contributed by atoms with E-state index in [0.29, 0.717) is 13.2 Å². The highest BCUT2D eigenvalue weighted by atomic mass is 79.9. The van der Waals surface area contributed by atoms with Crippen LogP contribution in [0.2, 0.25) is 0 Å². The van der Waals surface area contributed by atoms with Crippen molar-refractivity contribution < 1.29 is 9.15 Å². The Hall–Kier alpha value is -1.10. The van der Waals surface area contributed by atoms with E-state index < -0.39 is 0 Å². The van der Waals surface area contributed by atoms with Crippen molar-refractivity contribution in [1.82, 2.24) is 0 Å². The van der Waals surface area contributed by atoms with E-state index in [2.05, 4.69) is 28.1 Å². The number of benzene rings is 1. The molecule has 0 amide bonds. The second-order valence-electron chi connectivity index (χ2n) is 4.13. The first-order valence-corrected chi connectivity index (χ1v) is 6.23. The molecular weight excluding hydrogens is 282 g/mol. The van der Waals surface area contributed by atoms with E-state index in [4.69, 9.17) is 14.9 Å². The fourth-order valence-corrected chi connectivity index (χ4v) is 2.51. The van der Waals surface area contributed by atoms with Crippen molar-refractivity contribution in [2.45, 2.75) is 19.3 Å². The second kappa shape index (κ2) is 4.29. The fraction of sp³-hybridized carbons (Fsp3) is 0.231. The van der Waals surface area contributed by atoms with Gasteiger partial charge in [0.2, 0.25) is 0 Å². The highest BCUT2D eigenvalue weighted by molar-refractivity contribution is 9.10. The highest BCUT2D eigenvalue weighted by Crippen LogP contribution is 2.30. The summed E-state index contributed by atoms with van der Waals surface area (Å²) in [5.41, 5.74) is 9.71. The third-order valence-corrected chi connectivity index (χ3v) is 3.69. The number of fused-ring (bicyclic) bond motifs is 1. The lowest BCUT2D eigenvalue weighted by Gasteiger charge is -2.11. The van der Waals surface area contributed by atoms with Crippen LogP contribution in [0.5, 0.6) is 0 Å². The molecule has 2 aromatic rings. The molecule has 88 valence electrons. The summed E-state index contributed by atoms with van der Waals surface area (Å²) in [5.74, 6) is 0.754. The van der Waals surface area contributed by atoms with Crippen LogP contribution in [0.15, 0.2) is 39.4 Å². The van der Waals surface area contributed by atoms with E-state index in [0.717, 1.165) is 15.8 Å². The van der Waals surface area contributed by atoms with Crippen LogP contribution in [0.25, 0.3) is 0 Å². The molecule has 0 spiro atoms. The van der Waals surface area contributed by atoms with Gasteiger partial charge in [-0.2, -0.15) is 0 Å². The van der Waals surface area contributed by atoms with Crippen LogP contribution in [-0.2, 0) is 18.0 Å². The van der Waals surface area contributed by atoms with E-state index in [1.54, 1.807) is 6.26 Å². The molecule has 1 aliphatic heterocycles. The molecular formula is C13H12BrNO2. The van der Waals surface area contributed by atoms with Crippen LogP contribution in [-0.4, -0.2) is 0 Å². The summed E-state index contributed by atoms with van der Waals surface area (Å²) in [5, 5.41) is 0. The van der Waals surface area contributed by atoms with Gasteiger partial charge in [0.15, 0.2) is 0 Å². The molecule has 1 aliphatic rings. The standard InChI is InChI=1S/C13H12BrNO2/c14-11-3-4-17-13(11)12(15)8-1-2-9-6-16-7-10(9)5-8/h1-5,12H,6-7,15H2. The van der Waals surface area contributed by atoms with E-state index in [9.17, 15) is 0 Å². The van der Waals surface area contributed by atoms with Crippen molar-refractivity contribution in [2.75, 3.05) is 0 Å². The van der Waals surface area contributed by atoms with Gasteiger partial charge in [0.1, 0.15) is 5.76 Å². The first-order chi connectivity index (χ1) is 8.25. The Kier molecular flexibility index (Phi) is 2.78. The largest absolute Gasteiger partial charge is 0.466 e. The SMILES string of the molecule is NC(c1ccc2c(c1)COC2)c1occc1Br. The van der Waals surface area contributed by atoms with Crippen molar-refractivity contribution in [1.29, 1.82) is 0 Å². The molecule has 0 bridgehead atoms. The Balaban J connectivity index is 1.97. The Morgan fingerprint density at radius 3 is 2.76 bits per heavy atom. The van der Waals surface area contributed by atoms with Gasteiger partial charge >= 0.3 is 0 Å². The van der Waals surface area contributed by atoms with Gasteiger partial charge in [-0.15, -0.1) is 0 Å². The van der Waals surface area contributed by atoms with Crippen LogP contribution < -0.4 is 5.73 Å². The molecule has 2 heterocycles. The van der Waals surface area contributed by atoms with Crippen LogP contribution in [0, 0.1) is 0 Å². The van der Waals surface area contributed by atoms with E-state index >= 15 is 0 Å². The lowest BCUT2D eigenvalue weighted by molar-refractivity contribution is 0.134. The fourth-order valence-electron chi connectivity index (χ4n) is 2.06. The minimum atomic E-state index is -0.245. The lowest BCUT2D eigenvalue weighted by Crippen LogP contribution is -2.11. The molecule has 1 aromatic carbocycles. The third kappa shape index (κ3) is 1.92. The van der Waals surface area contributed by atoms with Gasteiger partial charge in [0.25, 0.3) is 0 Å². The summed E-state index contributed by atoms with van der Waals surface area (Å²) in [7, 11) is 0. The third-order valence-electron chi connectivity index (χ3n) is 3.03. The molecule has 1 unspecified atom stereocenters. The Morgan fingerprint density at radius 2 is 2.00 bits per heavy atom. The molecule has 4 heteroatoms. The maximum Gasteiger partial charge on any atom is 0.139 e. The summed E-state index contributed by atoms with van der Waals surface area (Å²) < 4.78 is 11.7. The van der Waals surface area contributed by atoms with Gasteiger partial charge in [-0.25, -0.2) is 0 Å². The van der Waals surface area contributed by atoms with Crippen molar-refractivity contribution in [2.24, 2.45) is 5.73 Å². The number of halogens is 1. The molecule has 2 N–H and O–H groups in total. The van der Waals surface area contributed by atoms with Gasteiger partial charge < -0.3 is 14.9 Å². The predicted molar refractivity (Wildman–Crippen MR) is 67.4 cm³/mol. The molecule has 3 rings (SSSR count). The number of hydrogen-bond acceptors (Lipinski definition) is 3. The zero-order valence-corrected chi connectivity index (χ0v) is 10.7. The van der Waals surface area contributed by atoms with Crippen molar-refractivity contribution in [3.8, 4) is 0 Å². The van der Waals surface area contributed by atoms with E-state index in [-0.39, 0.29) is 6.04 Å². The minimum absolute atomic E-state index is 0.245. The van der Waals surface area contributed by atoms with Crippen LogP contribution in [0.4, 0.5) is 0 Å². The summed E-state index contributed by atoms with van der Waals surface area (Å²) in [6.45, 7) is 1.38. The van der Waals surface area contributed by atoms with E-state index in [1.807, 2.05) is 12.1 Å². The first-order valence-electron chi connectivity index (χ1n) is 5.43. The maximum absolute atomic E-state index is 6.19. The van der Waals surface area contributed by atoms with Crippen LogP contribution in [0.3, 0.4) is 0 Å². The quantitative estimate of drug-likeness (QED) is 0.925. The zero-order chi connectivity index (χ0) is 11.8. The summed E-state index contributed by atoms with van der Waals surface area (Å²) in [6.07, 6.45) is 1.63. The minimum Gasteiger partial charge on any atom is -0.466 e. The van der Waals surface area contributed by atoms with Gasteiger partial charge in [-0.3, -0.25) is 0 Å². The molecule has 0 fully saturated rings. The number of ether oxygens (including phenoxy) is 1. The monoisotopic (exact) mass is 293 g/mol. The lowest BCUT2D eigenvalue weighted by atomic mass is 10.0. The van der Waals surface area contributed by atoms with Crippen molar-refractivity contribution in [3.05, 3.63) is 57.5 Å². The van der Waals surface area contributed by atoms with Gasteiger partial charge in [0.05, 0.1) is 30.0 Å². The number of furan rings is 1. The van der Waals surface area contributed by atoms with E-state index in [1.165, 1.54) is 11.1 Å². The van der Waals surface area contributed by atoms with Crippen LogP contribution >= 0.6 is 15.9 Å². The first kappa shape index (κ1) is 11.0. The summed E-state index contributed by atoms with van der Waals surface area (Å²) >= 11 is 3.43. The maximum atomic E-state index is 6.19. The van der Waals surface area contributed by atoms with Gasteiger partial charge in [-0.1, -0.05) is 18.2 Å². The molecule has 0 radical (unpaired) electrons. The second-order valence-corrected chi connectivity index (χ2v) is 4.99. The normalized spacial score (nSPS) is 15.9. The number of hydrogen-bond donors (Lipinski definition) is 1. The average molecular weight is 294 g/mol. The zero-order valence-electron chi connectivity index (χ0n) is 9.15. The molecule has 0 saturated carbocycles. The summed E-state index contributed by atoms with van der Waals surface area (Å²) in [4.78, 5) is 0. The Labute approximate surface area is 108 Å². The average Bonchev–Trinajstić information content (AvgIpc) is 2.95. The Morgan fingerprint density at radius 1 is 1.18 bits per heavy atom. The Bertz CT molecular complexity index is 550. The molecule has 3 nitrogen and oxygen atoms in total. The van der Waals surface area contributed by atoms with Crippen LogP contribution in [0.1, 0.15) is 28.5 Å². The molecule has 1 aromatic heterocycles. The molecule has 0 aliphatic carbocycles. The summed E-state index contributed by atoms with van der Waals surface area (Å²) in [6, 6.07) is 7.82. The number of rotatable bonds is 2. The predicted octanol–water partition coefficient (Wildman–Crippen LogP) is 3.12. The van der Waals surface area contributed by atoms with Gasteiger partial charge in [0, 0.05) is 0 Å². The number of nitrogens with two attached hydrogens (primary N) is 1. The van der Waals surface area contributed by atoms with Gasteiger partial charge in [-0.05, 0) is 38.7 Å².